The van der Waals surface area contributed by atoms with Crippen LogP contribution in [0.1, 0.15) is 25.3 Å². The largest absolute Gasteiger partial charge is 0.335 e. The van der Waals surface area contributed by atoms with Crippen LogP contribution in [0.15, 0.2) is 24.3 Å². The van der Waals surface area contributed by atoms with E-state index < -0.39 is 0 Å². The highest BCUT2D eigenvalue weighted by atomic mass is 16.2. The maximum absolute atomic E-state index is 12.1. The highest BCUT2D eigenvalue weighted by Gasteiger charge is 2.47. The van der Waals surface area contributed by atoms with E-state index in [1.54, 1.807) is 11.9 Å². The summed E-state index contributed by atoms with van der Waals surface area (Å²) in [4.78, 5) is 26.8. The van der Waals surface area contributed by atoms with E-state index in [0.29, 0.717) is 0 Å². The third kappa shape index (κ3) is 2.31. The predicted molar refractivity (Wildman–Crippen MR) is 81.0 cm³/mol. The van der Waals surface area contributed by atoms with E-state index >= 15 is 0 Å². The molecule has 2 aliphatic rings. The van der Waals surface area contributed by atoms with Crippen LogP contribution in [0, 0.1) is 0 Å². The lowest BCUT2D eigenvalue weighted by Crippen LogP contribution is -2.52. The number of hydrogen-bond acceptors (Lipinski definition) is 3. The summed E-state index contributed by atoms with van der Waals surface area (Å²) in [5, 5.41) is 0. The van der Waals surface area contributed by atoms with Crippen LogP contribution in [0.3, 0.4) is 0 Å². The van der Waals surface area contributed by atoms with Gasteiger partial charge in [-0.1, -0.05) is 12.1 Å². The number of carbonyl (C=O) groups excluding carboxylic acids is 2. The lowest BCUT2D eigenvalue weighted by molar-refractivity contribution is -0.136. The van der Waals surface area contributed by atoms with Gasteiger partial charge in [0.15, 0.2) is 0 Å². The van der Waals surface area contributed by atoms with Crippen LogP contribution >= 0.6 is 0 Å². The zero-order valence-electron chi connectivity index (χ0n) is 12.5. The number of likely N-dealkylation sites (N-methyl/N-ethyl adjacent to an activating group) is 1. The summed E-state index contributed by atoms with van der Waals surface area (Å²) in [6.07, 6.45) is 2.24. The second kappa shape index (κ2) is 4.84. The molecule has 1 unspecified atom stereocenters. The van der Waals surface area contributed by atoms with E-state index in [0.717, 1.165) is 18.5 Å². The van der Waals surface area contributed by atoms with E-state index in [9.17, 15) is 9.59 Å². The molecule has 112 valence electrons. The monoisotopic (exact) mass is 287 g/mol. The van der Waals surface area contributed by atoms with Crippen molar-refractivity contribution in [2.45, 2.75) is 31.2 Å². The van der Waals surface area contributed by atoms with Gasteiger partial charge in [0.1, 0.15) is 6.54 Å². The van der Waals surface area contributed by atoms with Crippen molar-refractivity contribution in [1.29, 1.82) is 0 Å². The Bertz CT molecular complexity index is 576. The van der Waals surface area contributed by atoms with Crippen LogP contribution in [0.4, 0.5) is 5.69 Å². The fourth-order valence-corrected chi connectivity index (χ4v) is 3.07. The van der Waals surface area contributed by atoms with E-state index in [1.807, 2.05) is 31.2 Å². The number of benzene rings is 1. The first kappa shape index (κ1) is 14.1. The molecular weight excluding hydrogens is 266 g/mol. The third-order valence-corrected chi connectivity index (χ3v) is 4.81. The van der Waals surface area contributed by atoms with Gasteiger partial charge < -0.3 is 15.5 Å². The average Bonchev–Trinajstić information content (AvgIpc) is 3.25. The Balaban J connectivity index is 1.82. The maximum Gasteiger partial charge on any atom is 0.247 e. The molecule has 2 fully saturated rings. The molecule has 3 rings (SSSR count). The second-order valence-electron chi connectivity index (χ2n) is 6.22. The Morgan fingerprint density at radius 1 is 1.10 bits per heavy atom. The first-order valence-corrected chi connectivity index (χ1v) is 7.34. The number of hydrogen-bond donors (Lipinski definition) is 1. The zero-order valence-corrected chi connectivity index (χ0v) is 12.5. The zero-order chi connectivity index (χ0) is 15.2. The Kier molecular flexibility index (Phi) is 3.24. The summed E-state index contributed by atoms with van der Waals surface area (Å²) in [5.41, 5.74) is 8.21. The Morgan fingerprint density at radius 2 is 1.71 bits per heavy atom. The van der Waals surface area contributed by atoms with Gasteiger partial charge in [-0.25, -0.2) is 0 Å². The molecule has 5 heteroatoms. The van der Waals surface area contributed by atoms with Crippen molar-refractivity contribution in [2.75, 3.05) is 25.0 Å². The summed E-state index contributed by atoms with van der Waals surface area (Å²) in [7, 11) is 1.65. The van der Waals surface area contributed by atoms with Gasteiger partial charge in [0, 0.05) is 24.2 Å². The lowest BCUT2D eigenvalue weighted by Gasteiger charge is -2.32. The van der Waals surface area contributed by atoms with Crippen molar-refractivity contribution in [3.63, 3.8) is 0 Å². The minimum atomic E-state index is -0.0434. The van der Waals surface area contributed by atoms with Crippen molar-refractivity contribution < 1.29 is 9.59 Å². The van der Waals surface area contributed by atoms with Crippen molar-refractivity contribution in [3.05, 3.63) is 29.8 Å². The Morgan fingerprint density at radius 3 is 2.24 bits per heavy atom. The standard InChI is InChI=1S/C16H21N3O2/c1-11(17)16(7-8-16)12-3-5-13(6-4-12)19-10-14(20)18(2)9-15(19)21/h3-6,11H,7-10,17H2,1-2H3. The molecule has 0 radical (unpaired) electrons. The second-order valence-corrected chi connectivity index (χ2v) is 6.22. The number of anilines is 1. The number of carbonyl (C=O) groups is 2. The van der Waals surface area contributed by atoms with Gasteiger partial charge in [-0.3, -0.25) is 9.59 Å². The number of piperazine rings is 1. The molecule has 1 aromatic carbocycles. The Hall–Kier alpha value is -1.88. The molecule has 21 heavy (non-hydrogen) atoms. The van der Waals surface area contributed by atoms with Crippen LogP contribution in [-0.4, -0.2) is 42.9 Å². The van der Waals surface area contributed by atoms with Crippen molar-refractivity contribution in [2.24, 2.45) is 5.73 Å². The first-order chi connectivity index (χ1) is 9.94. The summed E-state index contributed by atoms with van der Waals surface area (Å²) in [6.45, 7) is 2.31. The molecule has 2 amide bonds. The van der Waals surface area contributed by atoms with Gasteiger partial charge in [-0.15, -0.1) is 0 Å². The topological polar surface area (TPSA) is 66.6 Å². The van der Waals surface area contributed by atoms with Gasteiger partial charge >= 0.3 is 0 Å². The molecule has 1 aromatic rings. The molecule has 0 aromatic heterocycles. The van der Waals surface area contributed by atoms with Crippen LogP contribution in [0.2, 0.25) is 0 Å². The van der Waals surface area contributed by atoms with Gasteiger partial charge in [-0.05, 0) is 37.5 Å². The third-order valence-electron chi connectivity index (χ3n) is 4.81. The van der Waals surface area contributed by atoms with E-state index in [2.05, 4.69) is 0 Å². The minimum absolute atomic E-state index is 0.0343. The molecule has 5 nitrogen and oxygen atoms in total. The number of nitrogens with zero attached hydrogens (tertiary/aromatic N) is 2. The van der Waals surface area contributed by atoms with Crippen molar-refractivity contribution in [3.8, 4) is 0 Å². The quantitative estimate of drug-likeness (QED) is 0.897. The van der Waals surface area contributed by atoms with Crippen molar-refractivity contribution in [1.82, 2.24) is 4.90 Å². The van der Waals surface area contributed by atoms with Gasteiger partial charge in [0.05, 0.1) is 6.54 Å². The molecule has 1 heterocycles. The summed E-state index contributed by atoms with van der Waals surface area (Å²) < 4.78 is 0. The van der Waals surface area contributed by atoms with Gasteiger partial charge in [0.25, 0.3) is 0 Å². The Labute approximate surface area is 124 Å². The molecular formula is C16H21N3O2. The molecule has 1 saturated heterocycles. The summed E-state index contributed by atoms with van der Waals surface area (Å²) in [5.74, 6) is -0.0777. The highest BCUT2D eigenvalue weighted by Crippen LogP contribution is 2.50. The molecule has 0 bridgehead atoms. The van der Waals surface area contributed by atoms with E-state index in [-0.39, 0.29) is 36.4 Å². The predicted octanol–water partition coefficient (Wildman–Crippen LogP) is 0.870. The fourth-order valence-electron chi connectivity index (χ4n) is 3.07. The average molecular weight is 287 g/mol. The first-order valence-electron chi connectivity index (χ1n) is 7.34. The normalized spacial score (nSPS) is 22.4. The number of nitrogens with two attached hydrogens (primary N) is 1. The van der Waals surface area contributed by atoms with Crippen molar-refractivity contribution >= 4 is 17.5 Å². The lowest BCUT2D eigenvalue weighted by atomic mass is 9.89. The smallest absolute Gasteiger partial charge is 0.247 e. The molecule has 2 N–H and O–H groups in total. The van der Waals surface area contributed by atoms with Crippen LogP contribution < -0.4 is 10.6 Å². The highest BCUT2D eigenvalue weighted by molar-refractivity contribution is 6.04. The molecule has 1 atom stereocenters. The molecule has 0 spiro atoms. The van der Waals surface area contributed by atoms with Crippen LogP contribution in [-0.2, 0) is 15.0 Å². The number of rotatable bonds is 3. The van der Waals surface area contributed by atoms with E-state index in [1.165, 1.54) is 10.5 Å². The van der Waals surface area contributed by atoms with Gasteiger partial charge in [0.2, 0.25) is 11.8 Å². The molecule has 1 aliphatic heterocycles. The summed E-state index contributed by atoms with van der Waals surface area (Å²) >= 11 is 0. The fraction of sp³-hybridized carbons (Fsp3) is 0.500. The summed E-state index contributed by atoms with van der Waals surface area (Å²) in [6, 6.07) is 8.07. The maximum atomic E-state index is 12.1. The van der Waals surface area contributed by atoms with Crippen LogP contribution in [0.5, 0.6) is 0 Å². The van der Waals surface area contributed by atoms with Gasteiger partial charge in [-0.2, -0.15) is 0 Å². The minimum Gasteiger partial charge on any atom is -0.335 e. The number of amides is 2. The molecule has 1 aliphatic carbocycles. The van der Waals surface area contributed by atoms with E-state index in [4.69, 9.17) is 5.73 Å². The molecule has 1 saturated carbocycles. The SMILES string of the molecule is CC(N)C1(c2ccc(N3CC(=O)N(C)CC3=O)cc2)CC1. The van der Waals surface area contributed by atoms with Crippen LogP contribution in [0.25, 0.3) is 0 Å².